The molecule has 4 aliphatic rings. The first kappa shape index (κ1) is 29.6. The van der Waals surface area contributed by atoms with E-state index in [0.717, 1.165) is 29.6 Å². The van der Waals surface area contributed by atoms with E-state index in [1.54, 1.807) is 6.92 Å². The van der Waals surface area contributed by atoms with Gasteiger partial charge >= 0.3 is 0 Å². The summed E-state index contributed by atoms with van der Waals surface area (Å²) in [6, 6.07) is 16.6. The lowest BCUT2D eigenvalue weighted by Crippen LogP contribution is -2.51. The van der Waals surface area contributed by atoms with Gasteiger partial charge in [-0.3, -0.25) is 13.9 Å². The molecule has 222 valence electrons. The monoisotopic (exact) mass is 579 g/mol. The minimum Gasteiger partial charge on any atom is -0.354 e. The Kier molecular flexibility index (Phi) is 8.51. The molecule has 1 atom stereocenters. The van der Waals surface area contributed by atoms with E-state index < -0.39 is 22.0 Å². The first-order valence-electron chi connectivity index (χ1n) is 15.1. The van der Waals surface area contributed by atoms with Crippen LogP contribution in [0.1, 0.15) is 70.4 Å². The van der Waals surface area contributed by atoms with Crippen molar-refractivity contribution in [3.63, 3.8) is 0 Å². The van der Waals surface area contributed by atoms with E-state index in [4.69, 9.17) is 0 Å². The van der Waals surface area contributed by atoms with E-state index in [1.807, 2.05) is 56.3 Å². The van der Waals surface area contributed by atoms with E-state index >= 15 is 0 Å². The average molecular weight is 580 g/mol. The van der Waals surface area contributed by atoms with E-state index in [-0.39, 0.29) is 30.3 Å². The minimum atomic E-state index is -3.76. The van der Waals surface area contributed by atoms with E-state index in [1.165, 1.54) is 53.3 Å². The maximum atomic E-state index is 13.8. The molecule has 2 aromatic carbocycles. The molecule has 0 heterocycles. The van der Waals surface area contributed by atoms with Crippen molar-refractivity contribution in [1.29, 1.82) is 0 Å². The summed E-state index contributed by atoms with van der Waals surface area (Å²) in [5, 5.41) is 2.91. The van der Waals surface area contributed by atoms with E-state index in [9.17, 15) is 18.0 Å². The van der Waals surface area contributed by atoms with Crippen LogP contribution in [-0.4, -0.2) is 50.5 Å². The van der Waals surface area contributed by atoms with Crippen molar-refractivity contribution in [3.05, 3.63) is 65.7 Å². The van der Waals surface area contributed by atoms with E-state index in [2.05, 4.69) is 17.4 Å². The van der Waals surface area contributed by atoms with Crippen molar-refractivity contribution in [3.8, 4) is 0 Å². The lowest BCUT2D eigenvalue weighted by Gasteiger charge is -2.57. The smallest absolute Gasteiger partial charge is 0.244 e. The normalized spacial score (nSPS) is 25.6. The van der Waals surface area contributed by atoms with Gasteiger partial charge in [-0.1, -0.05) is 56.3 Å². The van der Waals surface area contributed by atoms with Crippen LogP contribution in [0.15, 0.2) is 54.6 Å². The van der Waals surface area contributed by atoms with Crippen LogP contribution in [0.25, 0.3) is 0 Å². The number of hydrogen-bond acceptors (Lipinski definition) is 4. The number of hydrogen-bond donors (Lipinski definition) is 1. The van der Waals surface area contributed by atoms with Gasteiger partial charge in [-0.2, -0.15) is 0 Å². The molecule has 0 unspecified atom stereocenters. The molecule has 0 spiro atoms. The van der Waals surface area contributed by atoms with Gasteiger partial charge in [-0.25, -0.2) is 8.42 Å². The van der Waals surface area contributed by atoms with Crippen LogP contribution in [0.3, 0.4) is 0 Å². The molecule has 4 aliphatic carbocycles. The number of carbonyl (C=O) groups excluding carboxylic acids is 2. The molecule has 2 aromatic rings. The van der Waals surface area contributed by atoms with Gasteiger partial charge in [0.25, 0.3) is 0 Å². The molecule has 0 aliphatic heterocycles. The van der Waals surface area contributed by atoms with Crippen molar-refractivity contribution < 1.29 is 18.0 Å². The van der Waals surface area contributed by atoms with Gasteiger partial charge in [-0.15, -0.1) is 0 Å². The fourth-order valence-electron chi connectivity index (χ4n) is 7.87. The van der Waals surface area contributed by atoms with Crippen LogP contribution >= 0.6 is 0 Å². The summed E-state index contributed by atoms with van der Waals surface area (Å²) < 4.78 is 27.2. The fourth-order valence-corrected chi connectivity index (χ4v) is 8.72. The van der Waals surface area contributed by atoms with Gasteiger partial charge in [0.1, 0.15) is 12.6 Å². The molecule has 4 bridgehead atoms. The Morgan fingerprint density at radius 2 is 1.46 bits per heavy atom. The molecule has 4 saturated carbocycles. The number of anilines is 1. The van der Waals surface area contributed by atoms with Gasteiger partial charge in [0.05, 0.1) is 11.9 Å². The molecular formula is C33H45N3O4S. The van der Waals surface area contributed by atoms with Gasteiger partial charge in [0.15, 0.2) is 0 Å². The summed E-state index contributed by atoms with van der Waals surface area (Å²) in [7, 11) is -3.76. The molecule has 0 radical (unpaired) electrons. The first-order chi connectivity index (χ1) is 19.4. The Labute approximate surface area is 245 Å². The molecule has 1 N–H and O–H groups in total. The second-order valence-electron chi connectivity index (χ2n) is 13.3. The van der Waals surface area contributed by atoms with Crippen molar-refractivity contribution >= 4 is 27.5 Å². The van der Waals surface area contributed by atoms with Crippen LogP contribution < -0.4 is 9.62 Å². The van der Waals surface area contributed by atoms with Gasteiger partial charge in [0, 0.05) is 13.1 Å². The zero-order valence-corrected chi connectivity index (χ0v) is 25.7. The Balaban J connectivity index is 1.37. The summed E-state index contributed by atoms with van der Waals surface area (Å²) in [5.74, 6) is 2.06. The second-order valence-corrected chi connectivity index (χ2v) is 15.2. The van der Waals surface area contributed by atoms with Gasteiger partial charge in [-0.05, 0) is 97.8 Å². The topological polar surface area (TPSA) is 86.8 Å². The predicted octanol–water partition coefficient (Wildman–Crippen LogP) is 5.11. The quantitative estimate of drug-likeness (QED) is 0.401. The fraction of sp³-hybridized carbons (Fsp3) is 0.576. The molecule has 7 nitrogen and oxygen atoms in total. The molecule has 0 saturated heterocycles. The highest BCUT2D eigenvalue weighted by molar-refractivity contribution is 7.92. The van der Waals surface area contributed by atoms with Crippen LogP contribution in [0.2, 0.25) is 0 Å². The summed E-state index contributed by atoms with van der Waals surface area (Å²) in [5.41, 5.74) is 2.87. The number of rotatable bonds is 11. The zero-order chi connectivity index (χ0) is 29.4. The van der Waals surface area contributed by atoms with Gasteiger partial charge in [0.2, 0.25) is 21.8 Å². The Bertz CT molecular complexity index is 1310. The van der Waals surface area contributed by atoms with Crippen LogP contribution in [0.5, 0.6) is 0 Å². The molecule has 4 fully saturated rings. The number of nitrogens with zero attached hydrogens (tertiary/aromatic N) is 2. The zero-order valence-electron chi connectivity index (χ0n) is 24.9. The summed E-state index contributed by atoms with van der Waals surface area (Å²) >= 11 is 0. The molecule has 2 amide bonds. The molecule has 8 heteroatoms. The maximum absolute atomic E-state index is 13.8. The second kappa shape index (κ2) is 11.8. The lowest BCUT2D eigenvalue weighted by molar-refractivity contribution is -0.139. The van der Waals surface area contributed by atoms with Crippen LogP contribution in [0, 0.1) is 23.7 Å². The van der Waals surface area contributed by atoms with Gasteiger partial charge < -0.3 is 10.2 Å². The highest BCUT2D eigenvalue weighted by Crippen LogP contribution is 2.60. The first-order valence-corrected chi connectivity index (χ1v) is 17.0. The van der Waals surface area contributed by atoms with Crippen molar-refractivity contribution in [2.75, 3.05) is 23.7 Å². The Morgan fingerprint density at radius 1 is 0.902 bits per heavy atom. The maximum Gasteiger partial charge on any atom is 0.244 e. The minimum absolute atomic E-state index is 0.207. The van der Waals surface area contributed by atoms with Crippen molar-refractivity contribution in [2.45, 2.75) is 77.3 Å². The highest BCUT2D eigenvalue weighted by atomic mass is 32.2. The van der Waals surface area contributed by atoms with E-state index in [0.29, 0.717) is 12.2 Å². The number of nitrogens with one attached hydrogen (secondary N) is 1. The number of sulfonamides is 1. The summed E-state index contributed by atoms with van der Waals surface area (Å²) in [6.07, 6.45) is 8.94. The molecule has 0 aromatic heterocycles. The van der Waals surface area contributed by atoms with Crippen molar-refractivity contribution in [1.82, 2.24) is 10.2 Å². The summed E-state index contributed by atoms with van der Waals surface area (Å²) in [4.78, 5) is 28.3. The Morgan fingerprint density at radius 3 is 1.98 bits per heavy atom. The third kappa shape index (κ3) is 6.63. The molecular weight excluding hydrogens is 534 g/mol. The van der Waals surface area contributed by atoms with Crippen LogP contribution in [-0.2, 0) is 31.6 Å². The number of benzene rings is 2. The van der Waals surface area contributed by atoms with Crippen molar-refractivity contribution in [2.24, 2.45) is 23.7 Å². The lowest BCUT2D eigenvalue weighted by atomic mass is 9.48. The number of carbonyl (C=O) groups is 2. The Hall–Kier alpha value is -2.87. The third-order valence-corrected chi connectivity index (χ3v) is 10.7. The predicted molar refractivity (Wildman–Crippen MR) is 163 cm³/mol. The molecule has 6 rings (SSSR count). The SMILES string of the molecule is CC(C)CNC(=O)[C@@H](C)N(Cc1ccccc1)C(=O)CN(c1ccc(C23CC4CC(CC(C4)C2)C3)cc1)S(C)(=O)=O. The largest absolute Gasteiger partial charge is 0.354 e. The highest BCUT2D eigenvalue weighted by Gasteiger charge is 2.51. The number of amides is 2. The molecule has 41 heavy (non-hydrogen) atoms. The summed E-state index contributed by atoms with van der Waals surface area (Å²) in [6.45, 7) is 6.05. The standard InChI is InChI=1S/C33H45N3O4S/c1-23(2)20-34-32(38)24(3)35(21-25-8-6-5-7-9-25)31(37)22-36(41(4,39)40)30-12-10-29(11-13-30)33-17-26-14-27(18-33)16-28(15-26)19-33/h5-13,23-24,26-28H,14-22H2,1-4H3,(H,34,38)/t24-,26?,27?,28?,33?/m1/s1. The third-order valence-electron chi connectivity index (χ3n) is 9.53. The van der Waals surface area contributed by atoms with Crippen LogP contribution in [0.4, 0.5) is 5.69 Å². The average Bonchev–Trinajstić information content (AvgIpc) is 2.92.